The van der Waals surface area contributed by atoms with E-state index in [4.69, 9.17) is 16.3 Å². The minimum Gasteiger partial charge on any atom is -0.383 e. The normalized spacial score (nSPS) is 13.2. The summed E-state index contributed by atoms with van der Waals surface area (Å²) in [5.41, 5.74) is 1.06. The zero-order valence-electron chi connectivity index (χ0n) is 11.5. The molecule has 0 aliphatic rings. The van der Waals surface area contributed by atoms with Crippen molar-refractivity contribution in [2.45, 2.75) is 44.7 Å². The molecule has 0 aliphatic carbocycles. The van der Waals surface area contributed by atoms with Crippen molar-refractivity contribution < 1.29 is 4.74 Å². The first-order chi connectivity index (χ1) is 8.71. The third-order valence-electron chi connectivity index (χ3n) is 3.00. The van der Waals surface area contributed by atoms with Gasteiger partial charge in [-0.25, -0.2) is 0 Å². The summed E-state index contributed by atoms with van der Waals surface area (Å²) in [7, 11) is 1.66. The summed E-state index contributed by atoms with van der Waals surface area (Å²) < 4.78 is 7.04. The Morgan fingerprint density at radius 2 is 2.17 bits per heavy atom. The second-order valence-corrected chi connectivity index (χ2v) is 5.06. The molecule has 1 unspecified atom stereocenters. The molecule has 4 nitrogen and oxygen atoms in total. The number of methoxy groups -OCH3 is 1. The van der Waals surface area contributed by atoms with Crippen LogP contribution in [0.25, 0.3) is 0 Å². The van der Waals surface area contributed by atoms with E-state index < -0.39 is 0 Å². The maximum atomic E-state index is 6.03. The number of halogens is 1. The minimum atomic E-state index is 0.0103. The number of nitrogens with one attached hydrogen (secondary N) is 1. The first kappa shape index (κ1) is 15.5. The smallest absolute Gasteiger partial charge is 0.0762 e. The monoisotopic (exact) mass is 273 g/mol. The summed E-state index contributed by atoms with van der Waals surface area (Å²) in [6, 6.07) is 2.57. The second kappa shape index (κ2) is 8.51. The van der Waals surface area contributed by atoms with Crippen LogP contribution in [0.1, 0.15) is 38.4 Å². The van der Waals surface area contributed by atoms with Gasteiger partial charge in [-0.1, -0.05) is 13.8 Å². The molecular weight excluding hydrogens is 250 g/mol. The van der Waals surface area contributed by atoms with Gasteiger partial charge in [0.2, 0.25) is 0 Å². The fraction of sp³-hybridized carbons (Fsp3) is 0.769. The molecular formula is C13H24ClN3O. The van der Waals surface area contributed by atoms with Gasteiger partial charge in [0, 0.05) is 26.4 Å². The number of hydrogen-bond donors (Lipinski definition) is 1. The lowest BCUT2D eigenvalue weighted by Crippen LogP contribution is -2.26. The molecule has 0 bridgehead atoms. The van der Waals surface area contributed by atoms with Gasteiger partial charge in [0.05, 0.1) is 23.7 Å². The number of aromatic nitrogens is 2. The zero-order chi connectivity index (χ0) is 13.4. The summed E-state index contributed by atoms with van der Waals surface area (Å²) in [5.74, 6) is 0. The molecule has 1 atom stereocenters. The first-order valence-electron chi connectivity index (χ1n) is 6.59. The molecule has 1 aromatic heterocycles. The SMILES string of the molecule is CCC(CC)n1ccc(CNCC(Cl)COC)n1. The van der Waals surface area contributed by atoms with E-state index in [0.29, 0.717) is 12.6 Å². The molecule has 0 fully saturated rings. The van der Waals surface area contributed by atoms with Crippen LogP contribution in [0.2, 0.25) is 0 Å². The van der Waals surface area contributed by atoms with Gasteiger partial charge in [-0.05, 0) is 18.9 Å². The standard InChI is InChI=1S/C13H24ClN3O/c1-4-13(5-2)17-7-6-12(16-17)9-15-8-11(14)10-18-3/h6-7,11,13,15H,4-5,8-10H2,1-3H3. The van der Waals surface area contributed by atoms with Crippen LogP contribution in [0.5, 0.6) is 0 Å². The average Bonchev–Trinajstić information content (AvgIpc) is 2.80. The molecule has 0 radical (unpaired) electrons. The number of rotatable bonds is 9. The van der Waals surface area contributed by atoms with Crippen LogP contribution >= 0.6 is 11.6 Å². The van der Waals surface area contributed by atoms with E-state index >= 15 is 0 Å². The van der Waals surface area contributed by atoms with Gasteiger partial charge in [0.1, 0.15) is 0 Å². The van der Waals surface area contributed by atoms with Gasteiger partial charge in [0.15, 0.2) is 0 Å². The van der Waals surface area contributed by atoms with Crippen molar-refractivity contribution >= 4 is 11.6 Å². The molecule has 0 aliphatic heterocycles. The Morgan fingerprint density at radius 1 is 1.44 bits per heavy atom. The minimum absolute atomic E-state index is 0.0103. The predicted molar refractivity (Wildman–Crippen MR) is 75.1 cm³/mol. The van der Waals surface area contributed by atoms with Gasteiger partial charge in [0.25, 0.3) is 0 Å². The zero-order valence-corrected chi connectivity index (χ0v) is 12.3. The van der Waals surface area contributed by atoms with E-state index in [-0.39, 0.29) is 5.38 Å². The molecule has 18 heavy (non-hydrogen) atoms. The highest BCUT2D eigenvalue weighted by Gasteiger charge is 2.08. The van der Waals surface area contributed by atoms with Crippen LogP contribution in [0.15, 0.2) is 12.3 Å². The molecule has 0 aromatic carbocycles. The predicted octanol–water partition coefficient (Wildman–Crippen LogP) is 2.59. The summed E-state index contributed by atoms with van der Waals surface area (Å²) in [4.78, 5) is 0. The Hall–Kier alpha value is -0.580. The Kier molecular flexibility index (Phi) is 7.32. The fourth-order valence-electron chi connectivity index (χ4n) is 1.93. The highest BCUT2D eigenvalue weighted by molar-refractivity contribution is 6.20. The van der Waals surface area contributed by atoms with E-state index in [1.54, 1.807) is 7.11 Å². The molecule has 1 heterocycles. The van der Waals surface area contributed by atoms with Crippen molar-refractivity contribution in [2.24, 2.45) is 0 Å². The fourth-order valence-corrected chi connectivity index (χ4v) is 2.17. The summed E-state index contributed by atoms with van der Waals surface area (Å²) in [6.07, 6.45) is 4.29. The van der Waals surface area contributed by atoms with Crippen molar-refractivity contribution in [1.82, 2.24) is 15.1 Å². The molecule has 1 rings (SSSR count). The largest absolute Gasteiger partial charge is 0.383 e. The van der Waals surface area contributed by atoms with Crippen LogP contribution in [-0.2, 0) is 11.3 Å². The molecule has 0 saturated carbocycles. The van der Waals surface area contributed by atoms with Crippen LogP contribution in [0.4, 0.5) is 0 Å². The number of hydrogen-bond acceptors (Lipinski definition) is 3. The maximum Gasteiger partial charge on any atom is 0.0762 e. The third-order valence-corrected chi connectivity index (χ3v) is 3.28. The van der Waals surface area contributed by atoms with Gasteiger partial charge in [-0.2, -0.15) is 5.10 Å². The first-order valence-corrected chi connectivity index (χ1v) is 7.02. The Balaban J connectivity index is 2.35. The third kappa shape index (κ3) is 4.96. The van der Waals surface area contributed by atoms with Crippen LogP contribution in [0.3, 0.4) is 0 Å². The Morgan fingerprint density at radius 3 is 2.78 bits per heavy atom. The van der Waals surface area contributed by atoms with Crippen molar-refractivity contribution in [2.75, 3.05) is 20.3 Å². The lowest BCUT2D eigenvalue weighted by molar-refractivity contribution is 0.197. The van der Waals surface area contributed by atoms with E-state index in [1.165, 1.54) is 0 Å². The van der Waals surface area contributed by atoms with Gasteiger partial charge < -0.3 is 10.1 Å². The highest BCUT2D eigenvalue weighted by atomic mass is 35.5. The molecule has 1 N–H and O–H groups in total. The van der Waals surface area contributed by atoms with Crippen molar-refractivity contribution in [3.05, 3.63) is 18.0 Å². The summed E-state index contributed by atoms with van der Waals surface area (Å²) >= 11 is 6.03. The second-order valence-electron chi connectivity index (χ2n) is 4.44. The number of nitrogens with zero attached hydrogens (tertiary/aromatic N) is 2. The van der Waals surface area contributed by atoms with Crippen LogP contribution in [0, 0.1) is 0 Å². The van der Waals surface area contributed by atoms with Crippen LogP contribution in [-0.4, -0.2) is 35.4 Å². The lowest BCUT2D eigenvalue weighted by Gasteiger charge is -2.12. The number of ether oxygens (including phenoxy) is 1. The molecule has 0 amide bonds. The van der Waals surface area contributed by atoms with E-state index in [1.807, 2.05) is 0 Å². The van der Waals surface area contributed by atoms with Gasteiger partial charge in [-0.15, -0.1) is 11.6 Å². The summed E-state index contributed by atoms with van der Waals surface area (Å²) in [5, 5.41) is 7.87. The molecule has 1 aromatic rings. The Bertz CT molecular complexity index is 326. The quantitative estimate of drug-likeness (QED) is 0.703. The highest BCUT2D eigenvalue weighted by Crippen LogP contribution is 2.14. The van der Waals surface area contributed by atoms with E-state index in [9.17, 15) is 0 Å². The maximum absolute atomic E-state index is 6.03. The molecule has 104 valence electrons. The topological polar surface area (TPSA) is 39.1 Å². The van der Waals surface area contributed by atoms with Crippen molar-refractivity contribution in [3.8, 4) is 0 Å². The summed E-state index contributed by atoms with van der Waals surface area (Å²) in [6.45, 7) is 6.43. The van der Waals surface area contributed by atoms with Crippen molar-refractivity contribution in [3.63, 3.8) is 0 Å². The van der Waals surface area contributed by atoms with Crippen LogP contribution < -0.4 is 5.32 Å². The lowest BCUT2D eigenvalue weighted by atomic mass is 10.2. The average molecular weight is 274 g/mol. The number of alkyl halides is 1. The Labute approximate surface area is 115 Å². The molecule has 0 saturated heterocycles. The molecule has 5 heteroatoms. The van der Waals surface area contributed by atoms with E-state index in [2.05, 4.69) is 41.2 Å². The van der Waals surface area contributed by atoms with Gasteiger partial charge >= 0.3 is 0 Å². The van der Waals surface area contributed by atoms with Crippen molar-refractivity contribution in [1.29, 1.82) is 0 Å². The van der Waals surface area contributed by atoms with E-state index in [0.717, 1.165) is 31.6 Å². The molecule has 0 spiro atoms. The van der Waals surface area contributed by atoms with Gasteiger partial charge in [-0.3, -0.25) is 4.68 Å².